The Morgan fingerprint density at radius 2 is 2.05 bits per heavy atom. The fourth-order valence-corrected chi connectivity index (χ4v) is 3.12. The molecule has 1 N–H and O–H groups in total. The highest BCUT2D eigenvalue weighted by atomic mass is 32.1. The van der Waals surface area contributed by atoms with Crippen LogP contribution in [0.25, 0.3) is 11.3 Å². The van der Waals surface area contributed by atoms with Crippen LogP contribution in [0.15, 0.2) is 29.6 Å². The van der Waals surface area contributed by atoms with Crippen LogP contribution < -0.4 is 5.32 Å². The number of aryl methyl sites for hydroxylation is 1. The standard InChI is InChI=1S/C16H20N2S/c1-3-15(12-4-5-12)18-14-8-6-13(7-9-14)16-10-19-11(2)17-16/h6-10,12,15,18H,3-5H2,1-2H3. The largest absolute Gasteiger partial charge is 0.382 e. The third-order valence-corrected chi connectivity index (χ3v) is 4.56. The van der Waals surface area contributed by atoms with E-state index in [0.717, 1.165) is 16.6 Å². The minimum atomic E-state index is 0.646. The molecule has 1 saturated carbocycles. The molecule has 2 nitrogen and oxygen atoms in total. The minimum absolute atomic E-state index is 0.646. The van der Waals surface area contributed by atoms with Gasteiger partial charge in [0.15, 0.2) is 0 Å². The van der Waals surface area contributed by atoms with Crippen molar-refractivity contribution >= 4 is 17.0 Å². The lowest BCUT2D eigenvalue weighted by molar-refractivity contribution is 0.616. The summed E-state index contributed by atoms with van der Waals surface area (Å²) < 4.78 is 0. The van der Waals surface area contributed by atoms with Crippen molar-refractivity contribution in [2.75, 3.05) is 5.32 Å². The highest BCUT2D eigenvalue weighted by Crippen LogP contribution is 2.35. The highest BCUT2D eigenvalue weighted by molar-refractivity contribution is 7.09. The van der Waals surface area contributed by atoms with Gasteiger partial charge in [-0.15, -0.1) is 11.3 Å². The minimum Gasteiger partial charge on any atom is -0.382 e. The van der Waals surface area contributed by atoms with E-state index in [-0.39, 0.29) is 0 Å². The van der Waals surface area contributed by atoms with Gasteiger partial charge in [0.05, 0.1) is 10.7 Å². The average molecular weight is 272 g/mol. The topological polar surface area (TPSA) is 24.9 Å². The molecular formula is C16H20N2S. The van der Waals surface area contributed by atoms with E-state index in [0.29, 0.717) is 6.04 Å². The maximum Gasteiger partial charge on any atom is 0.0901 e. The molecule has 3 rings (SSSR count). The lowest BCUT2D eigenvalue weighted by Crippen LogP contribution is -2.20. The third-order valence-electron chi connectivity index (χ3n) is 3.78. The first-order chi connectivity index (χ1) is 9.26. The van der Waals surface area contributed by atoms with Crippen LogP contribution >= 0.6 is 11.3 Å². The predicted octanol–water partition coefficient (Wildman–Crippen LogP) is 4.72. The van der Waals surface area contributed by atoms with Crippen molar-refractivity contribution in [1.82, 2.24) is 4.98 Å². The fraction of sp³-hybridized carbons (Fsp3) is 0.438. The average Bonchev–Trinajstić information content (AvgIpc) is 3.18. The number of benzene rings is 1. The Kier molecular flexibility index (Phi) is 3.56. The Labute approximate surface area is 118 Å². The molecule has 1 aromatic heterocycles. The summed E-state index contributed by atoms with van der Waals surface area (Å²) in [5.74, 6) is 0.894. The monoisotopic (exact) mass is 272 g/mol. The Morgan fingerprint density at radius 1 is 1.32 bits per heavy atom. The van der Waals surface area contributed by atoms with Crippen molar-refractivity contribution in [1.29, 1.82) is 0 Å². The van der Waals surface area contributed by atoms with Gasteiger partial charge in [0.25, 0.3) is 0 Å². The van der Waals surface area contributed by atoms with Crippen LogP contribution in [0.5, 0.6) is 0 Å². The molecule has 1 heterocycles. The van der Waals surface area contributed by atoms with Crippen LogP contribution in [-0.2, 0) is 0 Å². The Balaban J connectivity index is 1.71. The molecule has 1 unspecified atom stereocenters. The van der Waals surface area contributed by atoms with Gasteiger partial charge >= 0.3 is 0 Å². The van der Waals surface area contributed by atoms with E-state index in [2.05, 4.69) is 46.9 Å². The number of hydrogen-bond acceptors (Lipinski definition) is 3. The first kappa shape index (κ1) is 12.7. The van der Waals surface area contributed by atoms with Gasteiger partial charge in [-0.3, -0.25) is 0 Å². The molecule has 0 saturated heterocycles. The molecule has 2 aromatic rings. The van der Waals surface area contributed by atoms with Crippen LogP contribution in [0.3, 0.4) is 0 Å². The number of rotatable bonds is 5. The Bertz CT molecular complexity index is 540. The van der Waals surface area contributed by atoms with Crippen molar-refractivity contribution in [3.63, 3.8) is 0 Å². The lowest BCUT2D eigenvalue weighted by atomic mass is 10.1. The van der Waals surface area contributed by atoms with Gasteiger partial charge < -0.3 is 5.32 Å². The molecule has 1 aromatic carbocycles. The Hall–Kier alpha value is -1.35. The van der Waals surface area contributed by atoms with E-state index in [1.807, 2.05) is 6.92 Å². The number of aromatic nitrogens is 1. The summed E-state index contributed by atoms with van der Waals surface area (Å²) in [6.07, 6.45) is 3.99. The number of nitrogens with one attached hydrogen (secondary N) is 1. The summed E-state index contributed by atoms with van der Waals surface area (Å²) in [6, 6.07) is 9.32. The van der Waals surface area contributed by atoms with E-state index in [4.69, 9.17) is 0 Å². The Morgan fingerprint density at radius 3 is 2.58 bits per heavy atom. The van der Waals surface area contributed by atoms with E-state index in [1.54, 1.807) is 11.3 Å². The molecule has 1 fully saturated rings. The smallest absolute Gasteiger partial charge is 0.0901 e. The highest BCUT2D eigenvalue weighted by Gasteiger charge is 2.29. The molecule has 1 atom stereocenters. The van der Waals surface area contributed by atoms with Crippen molar-refractivity contribution in [3.8, 4) is 11.3 Å². The normalized spacial score (nSPS) is 16.3. The zero-order chi connectivity index (χ0) is 13.2. The number of thiazole rings is 1. The van der Waals surface area contributed by atoms with Crippen LogP contribution in [0, 0.1) is 12.8 Å². The maximum atomic E-state index is 4.52. The molecule has 1 aliphatic carbocycles. The fourth-order valence-electron chi connectivity index (χ4n) is 2.50. The first-order valence-corrected chi connectivity index (χ1v) is 7.93. The number of hydrogen-bond donors (Lipinski definition) is 1. The molecule has 0 spiro atoms. The molecule has 19 heavy (non-hydrogen) atoms. The van der Waals surface area contributed by atoms with Crippen molar-refractivity contribution < 1.29 is 0 Å². The summed E-state index contributed by atoms with van der Waals surface area (Å²) in [5, 5.41) is 6.90. The van der Waals surface area contributed by atoms with Gasteiger partial charge in [0.1, 0.15) is 0 Å². The van der Waals surface area contributed by atoms with Gasteiger partial charge in [-0.25, -0.2) is 4.98 Å². The van der Waals surface area contributed by atoms with Gasteiger partial charge in [-0.2, -0.15) is 0 Å². The second-order valence-electron chi connectivity index (χ2n) is 5.33. The van der Waals surface area contributed by atoms with Crippen LogP contribution in [-0.4, -0.2) is 11.0 Å². The zero-order valence-electron chi connectivity index (χ0n) is 11.5. The molecular weight excluding hydrogens is 252 g/mol. The molecule has 100 valence electrons. The SMILES string of the molecule is CCC(Nc1ccc(-c2csc(C)n2)cc1)C1CC1. The van der Waals surface area contributed by atoms with Crippen molar-refractivity contribution in [2.45, 2.75) is 39.2 Å². The van der Waals surface area contributed by atoms with Crippen LogP contribution in [0.4, 0.5) is 5.69 Å². The summed E-state index contributed by atoms with van der Waals surface area (Å²) in [7, 11) is 0. The number of anilines is 1. The molecule has 0 aliphatic heterocycles. The third kappa shape index (κ3) is 2.98. The quantitative estimate of drug-likeness (QED) is 0.852. The molecule has 0 amide bonds. The second-order valence-corrected chi connectivity index (χ2v) is 6.39. The number of nitrogens with zero attached hydrogens (tertiary/aromatic N) is 1. The zero-order valence-corrected chi connectivity index (χ0v) is 12.3. The molecule has 0 radical (unpaired) electrons. The molecule has 3 heteroatoms. The summed E-state index contributed by atoms with van der Waals surface area (Å²) in [5.41, 5.74) is 3.52. The van der Waals surface area contributed by atoms with Crippen LogP contribution in [0.2, 0.25) is 0 Å². The summed E-state index contributed by atoms with van der Waals surface area (Å²) in [6.45, 7) is 4.31. The van der Waals surface area contributed by atoms with Gasteiger partial charge in [-0.1, -0.05) is 19.1 Å². The van der Waals surface area contributed by atoms with E-state index in [1.165, 1.54) is 30.5 Å². The predicted molar refractivity (Wildman–Crippen MR) is 82.7 cm³/mol. The van der Waals surface area contributed by atoms with Crippen molar-refractivity contribution in [2.24, 2.45) is 5.92 Å². The summed E-state index contributed by atoms with van der Waals surface area (Å²) >= 11 is 1.70. The van der Waals surface area contributed by atoms with Gasteiger partial charge in [0, 0.05) is 22.7 Å². The lowest BCUT2D eigenvalue weighted by Gasteiger charge is -2.17. The van der Waals surface area contributed by atoms with E-state index in [9.17, 15) is 0 Å². The van der Waals surface area contributed by atoms with E-state index >= 15 is 0 Å². The second kappa shape index (κ2) is 5.33. The van der Waals surface area contributed by atoms with Crippen molar-refractivity contribution in [3.05, 3.63) is 34.7 Å². The van der Waals surface area contributed by atoms with E-state index < -0.39 is 0 Å². The summed E-state index contributed by atoms with van der Waals surface area (Å²) in [4.78, 5) is 4.52. The van der Waals surface area contributed by atoms with Gasteiger partial charge in [-0.05, 0) is 44.2 Å². The first-order valence-electron chi connectivity index (χ1n) is 7.05. The van der Waals surface area contributed by atoms with Crippen LogP contribution in [0.1, 0.15) is 31.2 Å². The molecule has 1 aliphatic rings. The molecule has 0 bridgehead atoms. The van der Waals surface area contributed by atoms with Gasteiger partial charge in [0.2, 0.25) is 0 Å². The maximum absolute atomic E-state index is 4.52.